The van der Waals surface area contributed by atoms with E-state index in [0.717, 1.165) is 22.1 Å². The van der Waals surface area contributed by atoms with E-state index in [9.17, 15) is 14.7 Å². The van der Waals surface area contributed by atoms with Crippen LogP contribution in [-0.2, 0) is 16.0 Å². The number of amides is 1. The van der Waals surface area contributed by atoms with Gasteiger partial charge in [-0.05, 0) is 40.8 Å². The summed E-state index contributed by atoms with van der Waals surface area (Å²) in [7, 11) is 1.60. The minimum absolute atomic E-state index is 0.131. The Morgan fingerprint density at radius 3 is 2.58 bits per heavy atom. The molecule has 0 heterocycles. The molecule has 0 aliphatic carbocycles. The number of carbonyl (C=O) groups excluding carboxylic acids is 1. The first kappa shape index (κ1) is 17.8. The van der Waals surface area contributed by atoms with Crippen LogP contribution in [0.1, 0.15) is 25.8 Å². The Kier molecular flexibility index (Phi) is 5.79. The van der Waals surface area contributed by atoms with Crippen LogP contribution in [0.5, 0.6) is 5.75 Å². The summed E-state index contributed by atoms with van der Waals surface area (Å²) in [5, 5.41) is 13.8. The lowest BCUT2D eigenvalue weighted by Crippen LogP contribution is -2.42. The summed E-state index contributed by atoms with van der Waals surface area (Å²) >= 11 is 0. The summed E-state index contributed by atoms with van der Waals surface area (Å²) in [6.45, 7) is 3.86. The van der Waals surface area contributed by atoms with Gasteiger partial charge < -0.3 is 15.2 Å². The number of carbonyl (C=O) groups is 2. The Bertz CT molecular complexity index is 739. The fourth-order valence-electron chi connectivity index (χ4n) is 2.71. The number of ether oxygens (including phenoxy) is 1. The molecule has 2 aromatic rings. The molecule has 2 N–H and O–H groups in total. The minimum atomic E-state index is -1.00. The van der Waals surface area contributed by atoms with Crippen molar-refractivity contribution in [1.29, 1.82) is 0 Å². The van der Waals surface area contributed by atoms with Gasteiger partial charge in [0.1, 0.15) is 11.8 Å². The van der Waals surface area contributed by atoms with E-state index in [-0.39, 0.29) is 18.2 Å². The molecule has 0 unspecified atom stereocenters. The molecule has 5 nitrogen and oxygen atoms in total. The second-order valence-electron chi connectivity index (χ2n) is 6.27. The van der Waals surface area contributed by atoms with Crippen molar-refractivity contribution >= 4 is 22.6 Å². The molecule has 0 bridgehead atoms. The third-order valence-corrected chi connectivity index (χ3v) is 3.87. The molecule has 1 amide bonds. The quantitative estimate of drug-likeness (QED) is 0.819. The molecule has 1 atom stereocenters. The number of rotatable bonds is 7. The number of methoxy groups -OCH3 is 1. The van der Waals surface area contributed by atoms with Gasteiger partial charge in [0, 0.05) is 0 Å². The second-order valence-corrected chi connectivity index (χ2v) is 6.27. The molecule has 0 aliphatic rings. The van der Waals surface area contributed by atoms with E-state index in [1.54, 1.807) is 7.11 Å². The van der Waals surface area contributed by atoms with Gasteiger partial charge in [0.25, 0.3) is 0 Å². The van der Waals surface area contributed by atoms with E-state index in [2.05, 4.69) is 5.32 Å². The van der Waals surface area contributed by atoms with Crippen LogP contribution >= 0.6 is 0 Å². The van der Waals surface area contributed by atoms with Crippen LogP contribution in [0.25, 0.3) is 10.8 Å². The van der Waals surface area contributed by atoms with Gasteiger partial charge in [-0.2, -0.15) is 0 Å². The van der Waals surface area contributed by atoms with Gasteiger partial charge >= 0.3 is 5.97 Å². The molecule has 5 heteroatoms. The van der Waals surface area contributed by atoms with Crippen molar-refractivity contribution in [3.63, 3.8) is 0 Å². The fourth-order valence-corrected chi connectivity index (χ4v) is 2.71. The summed E-state index contributed by atoms with van der Waals surface area (Å²) in [5.74, 6) is -0.387. The maximum absolute atomic E-state index is 12.3. The smallest absolute Gasteiger partial charge is 0.326 e. The van der Waals surface area contributed by atoms with Gasteiger partial charge in [0.15, 0.2) is 0 Å². The Morgan fingerprint density at radius 1 is 1.21 bits per heavy atom. The average Bonchev–Trinajstić information content (AvgIpc) is 2.53. The first-order valence-corrected chi connectivity index (χ1v) is 7.98. The van der Waals surface area contributed by atoms with Crippen molar-refractivity contribution in [3.05, 3.63) is 42.0 Å². The lowest BCUT2D eigenvalue weighted by atomic mass is 10.0. The number of aliphatic carboxylic acids is 1. The normalized spacial score (nSPS) is 12.2. The van der Waals surface area contributed by atoms with Gasteiger partial charge in [-0.1, -0.05) is 38.1 Å². The van der Waals surface area contributed by atoms with E-state index in [4.69, 9.17) is 4.74 Å². The molecule has 0 radical (unpaired) electrons. The molecule has 0 saturated carbocycles. The van der Waals surface area contributed by atoms with Crippen LogP contribution in [0.4, 0.5) is 0 Å². The molecule has 0 aliphatic heterocycles. The summed E-state index contributed by atoms with van der Waals surface area (Å²) in [6, 6.07) is 10.6. The van der Waals surface area contributed by atoms with Gasteiger partial charge in [-0.15, -0.1) is 0 Å². The third kappa shape index (κ3) is 4.47. The van der Waals surface area contributed by atoms with Crippen LogP contribution < -0.4 is 10.1 Å². The standard InChI is InChI=1S/C19H23NO4/c1-12(2)9-17(19(22)23)20-18(21)10-14-6-4-5-13-7-8-15(24-3)11-16(13)14/h4-8,11-12,17H,9-10H2,1-3H3,(H,20,21)(H,22,23)/t17-/m1/s1. The molecule has 0 spiro atoms. The Hall–Kier alpha value is -2.56. The van der Waals surface area contributed by atoms with Crippen molar-refractivity contribution in [2.75, 3.05) is 7.11 Å². The minimum Gasteiger partial charge on any atom is -0.497 e. The number of hydrogen-bond donors (Lipinski definition) is 2. The topological polar surface area (TPSA) is 75.6 Å². The highest BCUT2D eigenvalue weighted by Gasteiger charge is 2.21. The van der Waals surface area contributed by atoms with Crippen molar-refractivity contribution in [3.8, 4) is 5.75 Å². The summed E-state index contributed by atoms with van der Waals surface area (Å²) in [5.41, 5.74) is 0.845. The Balaban J connectivity index is 2.19. The van der Waals surface area contributed by atoms with Crippen LogP contribution in [-0.4, -0.2) is 30.1 Å². The van der Waals surface area contributed by atoms with E-state index in [1.165, 1.54) is 0 Å². The zero-order valence-electron chi connectivity index (χ0n) is 14.2. The highest BCUT2D eigenvalue weighted by molar-refractivity contribution is 5.92. The van der Waals surface area contributed by atoms with Crippen molar-refractivity contribution < 1.29 is 19.4 Å². The van der Waals surface area contributed by atoms with Crippen LogP contribution in [0.2, 0.25) is 0 Å². The predicted molar refractivity (Wildman–Crippen MR) is 93.2 cm³/mol. The Labute approximate surface area is 141 Å². The van der Waals surface area contributed by atoms with Gasteiger partial charge in [-0.3, -0.25) is 4.79 Å². The number of hydrogen-bond acceptors (Lipinski definition) is 3. The van der Waals surface area contributed by atoms with Crippen LogP contribution in [0, 0.1) is 5.92 Å². The number of nitrogens with one attached hydrogen (secondary N) is 1. The third-order valence-electron chi connectivity index (χ3n) is 3.87. The lowest BCUT2D eigenvalue weighted by Gasteiger charge is -2.17. The molecule has 0 fully saturated rings. The molecular formula is C19H23NO4. The van der Waals surface area contributed by atoms with E-state index >= 15 is 0 Å². The molecule has 128 valence electrons. The first-order chi connectivity index (χ1) is 11.4. The number of benzene rings is 2. The number of carboxylic acid groups (broad SMARTS) is 1. The van der Waals surface area contributed by atoms with Gasteiger partial charge in [-0.25, -0.2) is 4.79 Å². The maximum Gasteiger partial charge on any atom is 0.326 e. The molecule has 2 rings (SSSR count). The van der Waals surface area contributed by atoms with Crippen LogP contribution in [0.3, 0.4) is 0 Å². The monoisotopic (exact) mass is 329 g/mol. The van der Waals surface area contributed by atoms with Gasteiger partial charge in [0.2, 0.25) is 5.91 Å². The highest BCUT2D eigenvalue weighted by atomic mass is 16.5. The molecule has 24 heavy (non-hydrogen) atoms. The average molecular weight is 329 g/mol. The van der Waals surface area contributed by atoms with Crippen molar-refractivity contribution in [1.82, 2.24) is 5.32 Å². The molecular weight excluding hydrogens is 306 g/mol. The molecule has 2 aromatic carbocycles. The SMILES string of the molecule is COc1ccc2cccc(CC(=O)N[C@H](CC(C)C)C(=O)O)c2c1. The zero-order chi connectivity index (χ0) is 17.7. The number of fused-ring (bicyclic) bond motifs is 1. The largest absolute Gasteiger partial charge is 0.497 e. The first-order valence-electron chi connectivity index (χ1n) is 7.98. The van der Waals surface area contributed by atoms with Crippen molar-refractivity contribution in [2.45, 2.75) is 32.7 Å². The Morgan fingerprint density at radius 2 is 1.96 bits per heavy atom. The van der Waals surface area contributed by atoms with Crippen LogP contribution in [0.15, 0.2) is 36.4 Å². The number of carboxylic acids is 1. The van der Waals surface area contributed by atoms with E-state index in [0.29, 0.717) is 6.42 Å². The highest BCUT2D eigenvalue weighted by Crippen LogP contribution is 2.24. The maximum atomic E-state index is 12.3. The van der Waals surface area contributed by atoms with Gasteiger partial charge in [0.05, 0.1) is 13.5 Å². The van der Waals surface area contributed by atoms with E-state index < -0.39 is 12.0 Å². The molecule has 0 saturated heterocycles. The lowest BCUT2D eigenvalue weighted by molar-refractivity contribution is -0.142. The van der Waals surface area contributed by atoms with Crippen molar-refractivity contribution in [2.24, 2.45) is 5.92 Å². The van der Waals surface area contributed by atoms with E-state index in [1.807, 2.05) is 50.2 Å². The zero-order valence-corrected chi connectivity index (χ0v) is 14.2. The summed E-state index contributed by atoms with van der Waals surface area (Å²) < 4.78 is 5.24. The molecule has 0 aromatic heterocycles. The predicted octanol–water partition coefficient (Wildman–Crippen LogP) is 3.01. The fraction of sp³-hybridized carbons (Fsp3) is 0.368. The summed E-state index contributed by atoms with van der Waals surface area (Å²) in [6.07, 6.45) is 0.539. The second kappa shape index (κ2) is 7.81. The summed E-state index contributed by atoms with van der Waals surface area (Å²) in [4.78, 5) is 23.6.